The van der Waals surface area contributed by atoms with Gasteiger partial charge in [0, 0.05) is 6.07 Å². The summed E-state index contributed by atoms with van der Waals surface area (Å²) in [5.41, 5.74) is 2.17. The van der Waals surface area contributed by atoms with Gasteiger partial charge in [-0.15, -0.1) is 0 Å². The number of sulfonamides is 1. The minimum absolute atomic E-state index is 0.0935. The van der Waals surface area contributed by atoms with Crippen LogP contribution >= 0.6 is 0 Å². The molecule has 3 rings (SSSR count). The maximum atomic E-state index is 13.2. The Morgan fingerprint density at radius 3 is 2.25 bits per heavy atom. The lowest BCUT2D eigenvalue weighted by molar-refractivity contribution is -0.117. The lowest BCUT2D eigenvalue weighted by atomic mass is 10.1. The second kappa shape index (κ2) is 10.3. The van der Waals surface area contributed by atoms with Crippen LogP contribution in [0, 0.1) is 6.92 Å². The number of benzene rings is 3. The molecule has 8 heteroatoms. The van der Waals surface area contributed by atoms with Gasteiger partial charge in [0.1, 0.15) is 17.5 Å². The first-order valence-corrected chi connectivity index (χ1v) is 11.5. The average Bonchev–Trinajstić information content (AvgIpc) is 2.79. The largest absolute Gasteiger partial charge is 0.497 e. The third kappa shape index (κ3) is 5.87. The molecule has 3 aromatic carbocycles. The lowest BCUT2D eigenvalue weighted by Crippen LogP contribution is -2.45. The van der Waals surface area contributed by atoms with Crippen molar-refractivity contribution < 1.29 is 22.7 Å². The Bertz CT molecular complexity index is 1160. The second-order valence-electron chi connectivity index (χ2n) is 7.23. The molecule has 168 valence electrons. The maximum Gasteiger partial charge on any atom is 0.243 e. The summed E-state index contributed by atoms with van der Waals surface area (Å²) in [4.78, 5) is 13.3. The normalized spacial score (nSPS) is 12.1. The zero-order valence-electron chi connectivity index (χ0n) is 18.2. The number of ether oxygens (including phenoxy) is 2. The number of nitrogens with one attached hydrogen (secondary N) is 2. The van der Waals surface area contributed by atoms with Gasteiger partial charge in [0.25, 0.3) is 0 Å². The summed E-state index contributed by atoms with van der Waals surface area (Å²) in [7, 11) is -0.913. The van der Waals surface area contributed by atoms with E-state index in [0.29, 0.717) is 17.2 Å². The van der Waals surface area contributed by atoms with Crippen molar-refractivity contribution >= 4 is 21.6 Å². The molecule has 0 saturated heterocycles. The van der Waals surface area contributed by atoms with E-state index in [1.165, 1.54) is 26.4 Å². The van der Waals surface area contributed by atoms with Crippen LogP contribution in [-0.4, -0.2) is 34.6 Å². The van der Waals surface area contributed by atoms with E-state index in [1.54, 1.807) is 30.3 Å². The van der Waals surface area contributed by atoms with E-state index in [9.17, 15) is 13.2 Å². The van der Waals surface area contributed by atoms with Crippen LogP contribution < -0.4 is 19.5 Å². The molecule has 0 aliphatic carbocycles. The molecule has 0 aliphatic heterocycles. The first kappa shape index (κ1) is 23.3. The predicted molar refractivity (Wildman–Crippen MR) is 124 cm³/mol. The van der Waals surface area contributed by atoms with Crippen molar-refractivity contribution in [1.82, 2.24) is 4.72 Å². The summed E-state index contributed by atoms with van der Waals surface area (Å²) in [6.07, 6.45) is 0.177. The van der Waals surface area contributed by atoms with Crippen molar-refractivity contribution in [3.05, 3.63) is 83.9 Å². The molecule has 3 aromatic rings. The Hall–Kier alpha value is -3.36. The van der Waals surface area contributed by atoms with Crippen molar-refractivity contribution in [2.45, 2.75) is 24.3 Å². The first-order chi connectivity index (χ1) is 15.3. The van der Waals surface area contributed by atoms with E-state index in [0.717, 1.165) is 11.1 Å². The van der Waals surface area contributed by atoms with E-state index in [1.807, 2.05) is 37.3 Å². The Balaban J connectivity index is 1.88. The summed E-state index contributed by atoms with van der Waals surface area (Å²) in [5, 5.41) is 2.77. The fourth-order valence-corrected chi connectivity index (χ4v) is 4.33. The quantitative estimate of drug-likeness (QED) is 0.516. The van der Waals surface area contributed by atoms with Crippen LogP contribution in [-0.2, 0) is 21.2 Å². The number of rotatable bonds is 9. The van der Waals surface area contributed by atoms with E-state index in [-0.39, 0.29) is 11.3 Å². The molecule has 0 spiro atoms. The van der Waals surface area contributed by atoms with E-state index in [2.05, 4.69) is 10.0 Å². The number of anilines is 1. The van der Waals surface area contributed by atoms with Gasteiger partial charge in [-0.25, -0.2) is 8.42 Å². The number of amides is 1. The highest BCUT2D eigenvalue weighted by atomic mass is 32.2. The third-order valence-corrected chi connectivity index (χ3v) is 6.38. The van der Waals surface area contributed by atoms with Crippen LogP contribution in [0.1, 0.15) is 11.1 Å². The molecule has 7 nitrogen and oxygen atoms in total. The van der Waals surface area contributed by atoms with Gasteiger partial charge in [0.2, 0.25) is 15.9 Å². The fourth-order valence-electron chi connectivity index (χ4n) is 3.13. The van der Waals surface area contributed by atoms with E-state index in [4.69, 9.17) is 9.47 Å². The molecule has 2 N–H and O–H groups in total. The highest BCUT2D eigenvalue weighted by Gasteiger charge is 2.27. The fraction of sp³-hybridized carbons (Fsp3) is 0.208. The SMILES string of the molecule is COc1ccc(NC(=O)[C@H](Cc2ccccc2)NS(=O)(=O)c2ccc(C)cc2)c(OC)c1. The minimum Gasteiger partial charge on any atom is -0.497 e. The average molecular weight is 455 g/mol. The van der Waals surface area contributed by atoms with Gasteiger partial charge >= 0.3 is 0 Å². The number of carbonyl (C=O) groups is 1. The number of hydrogen-bond acceptors (Lipinski definition) is 5. The molecular formula is C24H26N2O5S. The maximum absolute atomic E-state index is 13.2. The van der Waals surface area contributed by atoms with Gasteiger partial charge in [0.15, 0.2) is 0 Å². The highest BCUT2D eigenvalue weighted by molar-refractivity contribution is 7.89. The summed E-state index contributed by atoms with van der Waals surface area (Å²) in [6, 6.07) is 19.6. The predicted octanol–water partition coefficient (Wildman–Crippen LogP) is 3.54. The molecule has 0 fully saturated rings. The molecule has 32 heavy (non-hydrogen) atoms. The minimum atomic E-state index is -3.92. The Morgan fingerprint density at radius 1 is 0.938 bits per heavy atom. The zero-order valence-corrected chi connectivity index (χ0v) is 19.0. The summed E-state index contributed by atoms with van der Waals surface area (Å²) < 4.78 is 39.0. The van der Waals surface area contributed by atoms with Crippen molar-refractivity contribution in [3.8, 4) is 11.5 Å². The van der Waals surface area contributed by atoms with Crippen molar-refractivity contribution in [2.24, 2.45) is 0 Å². The Morgan fingerprint density at radius 2 is 1.62 bits per heavy atom. The summed E-state index contributed by atoms with van der Waals surface area (Å²) >= 11 is 0. The number of aryl methyl sites for hydroxylation is 1. The van der Waals surface area contributed by atoms with Gasteiger partial charge in [-0.05, 0) is 43.2 Å². The molecule has 0 bridgehead atoms. The molecule has 1 atom stereocenters. The topological polar surface area (TPSA) is 93.7 Å². The van der Waals surface area contributed by atoms with Gasteiger partial charge < -0.3 is 14.8 Å². The molecule has 0 heterocycles. The third-order valence-electron chi connectivity index (χ3n) is 4.89. The number of carbonyl (C=O) groups excluding carboxylic acids is 1. The highest BCUT2D eigenvalue weighted by Crippen LogP contribution is 2.29. The van der Waals surface area contributed by atoms with Crippen LogP contribution in [0.2, 0.25) is 0 Å². The second-order valence-corrected chi connectivity index (χ2v) is 8.95. The molecule has 0 unspecified atom stereocenters. The van der Waals surface area contributed by atoms with Gasteiger partial charge in [-0.1, -0.05) is 48.0 Å². The first-order valence-electron chi connectivity index (χ1n) is 9.98. The van der Waals surface area contributed by atoms with Crippen molar-refractivity contribution in [2.75, 3.05) is 19.5 Å². The van der Waals surface area contributed by atoms with Gasteiger partial charge in [-0.3, -0.25) is 4.79 Å². The van der Waals surface area contributed by atoms with E-state index < -0.39 is 22.0 Å². The van der Waals surface area contributed by atoms with Crippen LogP contribution in [0.25, 0.3) is 0 Å². The van der Waals surface area contributed by atoms with Crippen LogP contribution in [0.5, 0.6) is 11.5 Å². The van der Waals surface area contributed by atoms with E-state index >= 15 is 0 Å². The molecule has 0 aromatic heterocycles. The monoisotopic (exact) mass is 454 g/mol. The van der Waals surface area contributed by atoms with Gasteiger partial charge in [-0.2, -0.15) is 4.72 Å². The molecular weight excluding hydrogens is 428 g/mol. The van der Waals surface area contributed by atoms with Crippen molar-refractivity contribution in [3.63, 3.8) is 0 Å². The molecule has 0 saturated carbocycles. The zero-order chi connectivity index (χ0) is 23.1. The van der Waals surface area contributed by atoms with Crippen molar-refractivity contribution in [1.29, 1.82) is 0 Å². The Kier molecular flexibility index (Phi) is 7.50. The number of hydrogen-bond donors (Lipinski definition) is 2. The molecule has 1 amide bonds. The standard InChI is InChI=1S/C24H26N2O5S/c1-17-9-12-20(13-10-17)32(28,29)26-22(15-18-7-5-4-6-8-18)24(27)25-21-14-11-19(30-2)16-23(21)31-3/h4-14,16,22,26H,15H2,1-3H3,(H,25,27)/t22-/m0/s1. The summed E-state index contributed by atoms with van der Waals surface area (Å²) in [5.74, 6) is 0.464. The molecule has 0 aliphatic rings. The van der Waals surface area contributed by atoms with Gasteiger partial charge in [0.05, 0.1) is 24.8 Å². The van der Waals surface area contributed by atoms with Crippen LogP contribution in [0.3, 0.4) is 0 Å². The smallest absolute Gasteiger partial charge is 0.243 e. The van der Waals surface area contributed by atoms with Crippen LogP contribution in [0.4, 0.5) is 5.69 Å². The molecule has 0 radical (unpaired) electrons. The number of methoxy groups -OCH3 is 2. The lowest BCUT2D eigenvalue weighted by Gasteiger charge is -2.20. The summed E-state index contributed by atoms with van der Waals surface area (Å²) in [6.45, 7) is 1.87. The Labute approximate surface area is 188 Å². The van der Waals surface area contributed by atoms with Crippen LogP contribution in [0.15, 0.2) is 77.7 Å².